The van der Waals surface area contributed by atoms with Gasteiger partial charge in [-0.25, -0.2) is 4.79 Å². The second-order valence-electron chi connectivity index (χ2n) is 3.91. The summed E-state index contributed by atoms with van der Waals surface area (Å²) in [5, 5.41) is 1.01. The van der Waals surface area contributed by atoms with Gasteiger partial charge in [0, 0.05) is 18.0 Å². The van der Waals surface area contributed by atoms with E-state index in [9.17, 15) is 4.79 Å². The lowest BCUT2D eigenvalue weighted by Crippen LogP contribution is -2.08. The molecule has 0 aliphatic rings. The first-order chi connectivity index (χ1) is 8.10. The Labute approximate surface area is 99.7 Å². The number of hydrogen-bond donors (Lipinski definition) is 0. The maximum Gasteiger partial charge on any atom is 0.354 e. The molecule has 0 fully saturated rings. The van der Waals surface area contributed by atoms with E-state index in [1.807, 2.05) is 36.7 Å². The molecule has 0 bridgehead atoms. The van der Waals surface area contributed by atoms with Crippen LogP contribution in [-0.4, -0.2) is 24.8 Å². The van der Waals surface area contributed by atoms with Crippen molar-refractivity contribution in [3.8, 4) is 5.75 Å². The van der Waals surface area contributed by atoms with Gasteiger partial charge in [-0.15, -0.1) is 0 Å². The third kappa shape index (κ3) is 1.65. The van der Waals surface area contributed by atoms with Crippen molar-refractivity contribution < 1.29 is 14.3 Å². The Kier molecular flexibility index (Phi) is 2.79. The zero-order valence-electron chi connectivity index (χ0n) is 10.4. The summed E-state index contributed by atoms with van der Waals surface area (Å²) in [6.45, 7) is 1.91. The Hall–Kier alpha value is -1.97. The van der Waals surface area contributed by atoms with Crippen LogP contribution in [0.1, 0.15) is 16.1 Å². The molecule has 17 heavy (non-hydrogen) atoms. The number of benzene rings is 1. The molecular weight excluding hydrogens is 218 g/mol. The molecule has 0 amide bonds. The molecule has 1 aromatic heterocycles. The molecule has 0 saturated carbocycles. The number of fused-ring (bicyclic) bond motifs is 1. The van der Waals surface area contributed by atoms with Crippen molar-refractivity contribution in [1.82, 2.24) is 4.57 Å². The Bertz CT molecular complexity index is 584. The lowest BCUT2D eigenvalue weighted by molar-refractivity contribution is 0.0589. The second-order valence-corrected chi connectivity index (χ2v) is 3.91. The van der Waals surface area contributed by atoms with E-state index in [0.717, 1.165) is 22.2 Å². The number of aryl methyl sites for hydroxylation is 2. The van der Waals surface area contributed by atoms with Crippen molar-refractivity contribution in [2.24, 2.45) is 7.05 Å². The van der Waals surface area contributed by atoms with Gasteiger partial charge in [0.25, 0.3) is 0 Å². The molecule has 0 saturated heterocycles. The Morgan fingerprint density at radius 1 is 1.29 bits per heavy atom. The maximum absolute atomic E-state index is 11.7. The SMILES string of the molecule is COC(=O)c1c(C)c2cc(OC)ccc2n1C. The Morgan fingerprint density at radius 3 is 2.59 bits per heavy atom. The van der Waals surface area contributed by atoms with Gasteiger partial charge in [-0.2, -0.15) is 0 Å². The van der Waals surface area contributed by atoms with E-state index < -0.39 is 0 Å². The van der Waals surface area contributed by atoms with Crippen LogP contribution in [0.5, 0.6) is 5.75 Å². The van der Waals surface area contributed by atoms with Crippen molar-refractivity contribution >= 4 is 16.9 Å². The minimum absolute atomic E-state index is 0.319. The Morgan fingerprint density at radius 2 is 2.00 bits per heavy atom. The van der Waals surface area contributed by atoms with Crippen molar-refractivity contribution in [1.29, 1.82) is 0 Å². The average molecular weight is 233 g/mol. The smallest absolute Gasteiger partial charge is 0.354 e. The van der Waals surface area contributed by atoms with Gasteiger partial charge in [0.15, 0.2) is 0 Å². The third-order valence-electron chi connectivity index (χ3n) is 3.04. The first kappa shape index (κ1) is 11.5. The van der Waals surface area contributed by atoms with Crippen molar-refractivity contribution in [2.45, 2.75) is 6.92 Å². The molecule has 90 valence electrons. The first-order valence-electron chi connectivity index (χ1n) is 5.31. The summed E-state index contributed by atoms with van der Waals surface area (Å²) in [6.07, 6.45) is 0. The van der Waals surface area contributed by atoms with Crippen LogP contribution in [-0.2, 0) is 11.8 Å². The van der Waals surface area contributed by atoms with Gasteiger partial charge in [-0.05, 0) is 30.7 Å². The predicted molar refractivity (Wildman–Crippen MR) is 65.5 cm³/mol. The van der Waals surface area contributed by atoms with Gasteiger partial charge in [0.2, 0.25) is 0 Å². The van der Waals surface area contributed by atoms with Gasteiger partial charge in [0.1, 0.15) is 11.4 Å². The summed E-state index contributed by atoms with van der Waals surface area (Å²) in [7, 11) is 4.87. The van der Waals surface area contributed by atoms with Gasteiger partial charge in [0.05, 0.1) is 14.2 Å². The third-order valence-corrected chi connectivity index (χ3v) is 3.04. The molecule has 2 rings (SSSR count). The van der Waals surface area contributed by atoms with Crippen LogP contribution >= 0.6 is 0 Å². The van der Waals surface area contributed by atoms with Gasteiger partial charge >= 0.3 is 5.97 Å². The number of ether oxygens (including phenoxy) is 2. The highest BCUT2D eigenvalue weighted by atomic mass is 16.5. The molecule has 1 aromatic carbocycles. The molecule has 0 atom stereocenters. The summed E-state index contributed by atoms with van der Waals surface area (Å²) in [6, 6.07) is 5.74. The largest absolute Gasteiger partial charge is 0.497 e. The molecule has 0 aliphatic carbocycles. The summed E-state index contributed by atoms with van der Waals surface area (Å²) in [5.74, 6) is 0.461. The van der Waals surface area contributed by atoms with Crippen molar-refractivity contribution in [3.05, 3.63) is 29.5 Å². The Balaban J connectivity index is 2.75. The molecule has 4 nitrogen and oxygen atoms in total. The predicted octanol–water partition coefficient (Wildman–Crippen LogP) is 2.28. The number of methoxy groups -OCH3 is 2. The molecule has 0 spiro atoms. The lowest BCUT2D eigenvalue weighted by Gasteiger charge is -2.02. The zero-order valence-corrected chi connectivity index (χ0v) is 10.4. The van der Waals surface area contributed by atoms with E-state index in [4.69, 9.17) is 9.47 Å². The summed E-state index contributed by atoms with van der Waals surface area (Å²) >= 11 is 0. The molecule has 1 heterocycles. The standard InChI is InChI=1S/C13H15NO3/c1-8-10-7-9(16-3)5-6-11(10)14(2)12(8)13(15)17-4/h5-7H,1-4H3. The molecule has 0 N–H and O–H groups in total. The number of aromatic nitrogens is 1. The van der Waals surface area contributed by atoms with Crippen molar-refractivity contribution in [3.63, 3.8) is 0 Å². The summed E-state index contributed by atoms with van der Waals surface area (Å²) < 4.78 is 11.8. The van der Waals surface area contributed by atoms with Crippen LogP contribution in [0, 0.1) is 6.92 Å². The van der Waals surface area contributed by atoms with E-state index in [0.29, 0.717) is 5.69 Å². The van der Waals surface area contributed by atoms with Gasteiger partial charge < -0.3 is 14.0 Å². The van der Waals surface area contributed by atoms with Crippen LogP contribution in [0.4, 0.5) is 0 Å². The van der Waals surface area contributed by atoms with E-state index in [1.165, 1.54) is 7.11 Å². The highest BCUT2D eigenvalue weighted by Gasteiger charge is 2.18. The van der Waals surface area contributed by atoms with E-state index in [2.05, 4.69) is 0 Å². The number of hydrogen-bond acceptors (Lipinski definition) is 3. The number of carbonyl (C=O) groups excluding carboxylic acids is 1. The minimum atomic E-state index is -0.319. The number of carbonyl (C=O) groups is 1. The van der Waals surface area contributed by atoms with Crippen LogP contribution in [0.3, 0.4) is 0 Å². The summed E-state index contributed by atoms with van der Waals surface area (Å²) in [4.78, 5) is 11.7. The quantitative estimate of drug-likeness (QED) is 0.747. The molecular formula is C13H15NO3. The van der Waals surface area contributed by atoms with E-state index in [-0.39, 0.29) is 5.97 Å². The first-order valence-corrected chi connectivity index (χ1v) is 5.31. The average Bonchev–Trinajstić information content (AvgIpc) is 2.60. The fourth-order valence-electron chi connectivity index (χ4n) is 2.12. The highest BCUT2D eigenvalue weighted by Crippen LogP contribution is 2.28. The summed E-state index contributed by atoms with van der Waals surface area (Å²) in [5.41, 5.74) is 2.48. The highest BCUT2D eigenvalue weighted by molar-refractivity contribution is 5.99. The minimum Gasteiger partial charge on any atom is -0.497 e. The lowest BCUT2D eigenvalue weighted by atomic mass is 10.1. The van der Waals surface area contributed by atoms with Crippen LogP contribution in [0.15, 0.2) is 18.2 Å². The molecule has 2 aromatic rings. The van der Waals surface area contributed by atoms with Crippen LogP contribution < -0.4 is 4.74 Å². The number of esters is 1. The van der Waals surface area contributed by atoms with Gasteiger partial charge in [-0.1, -0.05) is 0 Å². The number of nitrogens with zero attached hydrogens (tertiary/aromatic N) is 1. The molecule has 4 heteroatoms. The molecule has 0 unspecified atom stereocenters. The fraction of sp³-hybridized carbons (Fsp3) is 0.308. The number of rotatable bonds is 2. The topological polar surface area (TPSA) is 40.5 Å². The van der Waals surface area contributed by atoms with Crippen LogP contribution in [0.25, 0.3) is 10.9 Å². The molecule has 0 aliphatic heterocycles. The van der Waals surface area contributed by atoms with Gasteiger partial charge in [-0.3, -0.25) is 0 Å². The normalized spacial score (nSPS) is 10.6. The van der Waals surface area contributed by atoms with Crippen LogP contribution in [0.2, 0.25) is 0 Å². The second kappa shape index (κ2) is 4.13. The van der Waals surface area contributed by atoms with Crippen molar-refractivity contribution in [2.75, 3.05) is 14.2 Å². The van der Waals surface area contributed by atoms with E-state index in [1.54, 1.807) is 7.11 Å². The zero-order chi connectivity index (χ0) is 12.6. The van der Waals surface area contributed by atoms with E-state index >= 15 is 0 Å². The molecule has 0 radical (unpaired) electrons. The monoisotopic (exact) mass is 233 g/mol. The fourth-order valence-corrected chi connectivity index (χ4v) is 2.12. The maximum atomic E-state index is 11.7.